The Morgan fingerprint density at radius 1 is 1.30 bits per heavy atom. The van der Waals surface area contributed by atoms with Crippen LogP contribution < -0.4 is 4.90 Å². The number of rotatable bonds is 2. The average molecular weight is 368 g/mol. The molecule has 0 N–H and O–H groups in total. The Labute approximate surface area is 161 Å². The maximum atomic E-state index is 12.0. The third kappa shape index (κ3) is 3.53. The Morgan fingerprint density at radius 3 is 2.81 bits per heavy atom. The predicted molar refractivity (Wildman–Crippen MR) is 103 cm³/mol. The second kappa shape index (κ2) is 7.47. The van der Waals surface area contributed by atoms with E-state index in [1.54, 1.807) is 0 Å². The number of carbonyl (C=O) groups excluding carboxylic acids is 1. The van der Waals surface area contributed by atoms with Crippen molar-refractivity contribution in [2.75, 3.05) is 37.7 Å². The van der Waals surface area contributed by atoms with E-state index in [1.807, 2.05) is 11.8 Å². The number of carbonyl (C=O) groups is 1. The Balaban J connectivity index is 1.54. The largest absolute Gasteiger partial charge is 0.371 e. The molecule has 3 aliphatic rings. The van der Waals surface area contributed by atoms with Gasteiger partial charge in [-0.3, -0.25) is 4.79 Å². The van der Waals surface area contributed by atoms with E-state index in [2.05, 4.69) is 17.0 Å². The normalized spacial score (nSPS) is 21.6. The zero-order valence-corrected chi connectivity index (χ0v) is 16.2. The van der Waals surface area contributed by atoms with E-state index in [0.29, 0.717) is 18.6 Å². The highest BCUT2D eigenvalue weighted by atomic mass is 16.5. The third-order valence-electron chi connectivity index (χ3n) is 6.28. The van der Waals surface area contributed by atoms with Crippen molar-refractivity contribution in [3.8, 4) is 6.07 Å². The lowest BCUT2D eigenvalue weighted by molar-refractivity contribution is -0.139. The van der Waals surface area contributed by atoms with Gasteiger partial charge in [-0.25, -0.2) is 4.98 Å². The quantitative estimate of drug-likeness (QED) is 0.802. The van der Waals surface area contributed by atoms with Crippen molar-refractivity contribution in [2.24, 2.45) is 0 Å². The van der Waals surface area contributed by atoms with Crippen LogP contribution in [-0.2, 0) is 22.4 Å². The molecule has 2 saturated heterocycles. The Morgan fingerprint density at radius 2 is 2.07 bits per heavy atom. The fourth-order valence-electron chi connectivity index (χ4n) is 4.66. The summed E-state index contributed by atoms with van der Waals surface area (Å²) in [5, 5.41) is 9.68. The Kier molecular flexibility index (Phi) is 5.05. The van der Waals surface area contributed by atoms with Crippen LogP contribution in [0.5, 0.6) is 0 Å². The number of ether oxygens (including phenoxy) is 1. The number of pyridine rings is 1. The highest BCUT2D eigenvalue weighted by Crippen LogP contribution is 2.34. The smallest absolute Gasteiger partial charge is 0.222 e. The first kappa shape index (κ1) is 18.2. The molecule has 0 atom stereocenters. The topological polar surface area (TPSA) is 69.5 Å². The van der Waals surface area contributed by atoms with E-state index in [-0.39, 0.29) is 11.5 Å². The lowest BCUT2D eigenvalue weighted by Crippen LogP contribution is -2.58. The molecule has 1 aliphatic carbocycles. The molecule has 3 heterocycles. The van der Waals surface area contributed by atoms with E-state index in [0.717, 1.165) is 57.7 Å². The van der Waals surface area contributed by atoms with Crippen molar-refractivity contribution < 1.29 is 9.53 Å². The van der Waals surface area contributed by atoms with Crippen molar-refractivity contribution >= 4 is 11.7 Å². The van der Waals surface area contributed by atoms with Crippen molar-refractivity contribution in [2.45, 2.75) is 57.5 Å². The first-order chi connectivity index (χ1) is 13.1. The molecule has 1 aromatic heterocycles. The van der Waals surface area contributed by atoms with Gasteiger partial charge in [-0.2, -0.15) is 5.26 Å². The second-order valence-corrected chi connectivity index (χ2v) is 7.97. The number of hydrogen-bond acceptors (Lipinski definition) is 5. The van der Waals surface area contributed by atoms with E-state index in [4.69, 9.17) is 9.72 Å². The molecule has 2 fully saturated rings. The molecule has 0 saturated carbocycles. The lowest BCUT2D eigenvalue weighted by Gasteiger charge is -2.47. The molecule has 4 rings (SSSR count). The molecule has 1 amide bonds. The van der Waals surface area contributed by atoms with Crippen LogP contribution in [0.3, 0.4) is 0 Å². The van der Waals surface area contributed by atoms with Crippen LogP contribution in [0.15, 0.2) is 6.07 Å². The number of anilines is 1. The van der Waals surface area contributed by atoms with Gasteiger partial charge in [0.2, 0.25) is 5.91 Å². The number of nitrogens with zero attached hydrogens (tertiary/aromatic N) is 4. The number of aromatic nitrogens is 1. The third-order valence-corrected chi connectivity index (χ3v) is 6.28. The van der Waals surface area contributed by atoms with E-state index in [9.17, 15) is 10.1 Å². The molecular formula is C21H28N4O2. The second-order valence-electron chi connectivity index (χ2n) is 7.97. The molecular weight excluding hydrogens is 340 g/mol. The number of hydrogen-bond donors (Lipinski definition) is 0. The minimum Gasteiger partial charge on any atom is -0.371 e. The number of aryl methyl sites for hydroxylation is 2. The molecule has 0 radical (unpaired) electrons. The molecule has 6 heteroatoms. The van der Waals surface area contributed by atoms with Crippen molar-refractivity contribution in [1.82, 2.24) is 9.88 Å². The zero-order chi connectivity index (χ0) is 18.9. The monoisotopic (exact) mass is 368 g/mol. The first-order valence-electron chi connectivity index (χ1n) is 10.2. The van der Waals surface area contributed by atoms with Crippen LogP contribution in [0.1, 0.15) is 55.8 Å². The fraction of sp³-hybridized carbons (Fsp3) is 0.667. The number of fused-ring (bicyclic) bond motifs is 1. The van der Waals surface area contributed by atoms with E-state index >= 15 is 0 Å². The SMILES string of the molecule is CCC(=O)N1CCC2(CC1)CN(c1nc3c(cc1C#N)CCCC3)CCO2. The molecule has 27 heavy (non-hydrogen) atoms. The molecule has 1 aromatic rings. The summed E-state index contributed by atoms with van der Waals surface area (Å²) in [5.41, 5.74) is 2.87. The van der Waals surface area contributed by atoms with Gasteiger partial charge >= 0.3 is 0 Å². The minimum atomic E-state index is -0.229. The van der Waals surface area contributed by atoms with Gasteiger partial charge in [-0.15, -0.1) is 0 Å². The molecule has 0 bridgehead atoms. The Bertz CT molecular complexity index is 762. The van der Waals surface area contributed by atoms with Crippen LogP contribution in [0, 0.1) is 11.3 Å². The number of likely N-dealkylation sites (tertiary alicyclic amines) is 1. The maximum absolute atomic E-state index is 12.0. The van der Waals surface area contributed by atoms with Gasteiger partial charge in [0.25, 0.3) is 0 Å². The van der Waals surface area contributed by atoms with E-state index < -0.39 is 0 Å². The number of amides is 1. The molecule has 6 nitrogen and oxygen atoms in total. The van der Waals surface area contributed by atoms with Gasteiger partial charge in [0, 0.05) is 38.3 Å². The number of nitriles is 1. The molecule has 1 spiro atoms. The number of morpholine rings is 1. The molecule has 0 unspecified atom stereocenters. The highest BCUT2D eigenvalue weighted by Gasteiger charge is 2.41. The van der Waals surface area contributed by atoms with Gasteiger partial charge in [0.05, 0.1) is 17.8 Å². The summed E-state index contributed by atoms with van der Waals surface area (Å²) < 4.78 is 6.22. The van der Waals surface area contributed by atoms with Gasteiger partial charge in [0.15, 0.2) is 0 Å². The maximum Gasteiger partial charge on any atom is 0.222 e. The lowest BCUT2D eigenvalue weighted by atomic mass is 9.88. The molecule has 0 aromatic carbocycles. The molecule has 2 aliphatic heterocycles. The van der Waals surface area contributed by atoms with Crippen LogP contribution in [0.25, 0.3) is 0 Å². The van der Waals surface area contributed by atoms with E-state index in [1.165, 1.54) is 24.1 Å². The first-order valence-corrected chi connectivity index (χ1v) is 10.2. The summed E-state index contributed by atoms with van der Waals surface area (Å²) in [5.74, 6) is 1.05. The summed E-state index contributed by atoms with van der Waals surface area (Å²) in [4.78, 5) is 21.1. The fourth-order valence-corrected chi connectivity index (χ4v) is 4.66. The van der Waals surface area contributed by atoms with Crippen molar-refractivity contribution in [3.05, 3.63) is 22.9 Å². The van der Waals surface area contributed by atoms with Crippen LogP contribution in [0.4, 0.5) is 5.82 Å². The summed E-state index contributed by atoms with van der Waals surface area (Å²) in [7, 11) is 0. The van der Waals surface area contributed by atoms with Gasteiger partial charge in [-0.1, -0.05) is 6.92 Å². The standard InChI is InChI=1S/C21H28N4O2/c1-2-19(26)24-9-7-21(8-10-24)15-25(11-12-27-21)20-17(14-22)13-16-5-3-4-6-18(16)23-20/h13H,2-12,15H2,1H3. The summed E-state index contributed by atoms with van der Waals surface area (Å²) in [6.07, 6.45) is 6.67. The van der Waals surface area contributed by atoms with Gasteiger partial charge in [0.1, 0.15) is 11.9 Å². The molecule has 144 valence electrons. The zero-order valence-electron chi connectivity index (χ0n) is 16.2. The van der Waals surface area contributed by atoms with Gasteiger partial charge < -0.3 is 14.5 Å². The van der Waals surface area contributed by atoms with Crippen LogP contribution >= 0.6 is 0 Å². The van der Waals surface area contributed by atoms with Crippen molar-refractivity contribution in [3.63, 3.8) is 0 Å². The predicted octanol–water partition coefficient (Wildman–Crippen LogP) is 2.44. The van der Waals surface area contributed by atoms with Crippen LogP contribution in [-0.4, -0.2) is 54.2 Å². The highest BCUT2D eigenvalue weighted by molar-refractivity contribution is 5.75. The summed E-state index contributed by atoms with van der Waals surface area (Å²) in [6, 6.07) is 4.42. The van der Waals surface area contributed by atoms with Crippen molar-refractivity contribution in [1.29, 1.82) is 5.26 Å². The average Bonchev–Trinajstić information content (AvgIpc) is 2.72. The summed E-state index contributed by atoms with van der Waals surface area (Å²) >= 11 is 0. The Hall–Kier alpha value is -2.13. The number of piperidine rings is 1. The van der Waals surface area contributed by atoms with Crippen LogP contribution in [0.2, 0.25) is 0 Å². The minimum absolute atomic E-state index is 0.223. The summed E-state index contributed by atoms with van der Waals surface area (Å²) in [6.45, 7) is 5.58. The van der Waals surface area contributed by atoms with Gasteiger partial charge in [-0.05, 0) is 50.2 Å².